The van der Waals surface area contributed by atoms with Crippen molar-refractivity contribution in [3.63, 3.8) is 0 Å². The highest BCUT2D eigenvalue weighted by molar-refractivity contribution is 5.85. The van der Waals surface area contributed by atoms with Crippen LogP contribution in [0.5, 0.6) is 0 Å². The Morgan fingerprint density at radius 1 is 1.45 bits per heavy atom. The van der Waals surface area contributed by atoms with Gasteiger partial charge in [-0.1, -0.05) is 18.2 Å². The van der Waals surface area contributed by atoms with Gasteiger partial charge in [0.25, 0.3) is 0 Å². The molecule has 0 amide bonds. The van der Waals surface area contributed by atoms with E-state index in [0.717, 1.165) is 29.5 Å². The maximum atomic E-state index is 10.9. The monoisotopic (exact) mass is 272 g/mol. The van der Waals surface area contributed by atoms with E-state index in [2.05, 4.69) is 10.3 Å². The van der Waals surface area contributed by atoms with E-state index in [4.69, 9.17) is 4.74 Å². The minimum atomic E-state index is -0.902. The van der Waals surface area contributed by atoms with Gasteiger partial charge in [0.15, 0.2) is 0 Å². The fraction of sp³-hybridized carbons (Fsp3) is 0.438. The Labute approximate surface area is 118 Å². The maximum absolute atomic E-state index is 10.9. The predicted octanol–water partition coefficient (Wildman–Crippen LogP) is 1.82. The van der Waals surface area contributed by atoms with Crippen LogP contribution < -0.4 is 5.32 Å². The summed E-state index contributed by atoms with van der Waals surface area (Å²) in [5.41, 5.74) is 0.0245. The summed E-state index contributed by atoms with van der Waals surface area (Å²) in [6.07, 6.45) is 4.22. The molecule has 1 fully saturated rings. The number of pyridine rings is 1. The minimum Gasteiger partial charge on any atom is -0.385 e. The molecule has 2 N–H and O–H groups in total. The van der Waals surface area contributed by atoms with E-state index in [1.165, 1.54) is 0 Å². The predicted molar refractivity (Wildman–Crippen MR) is 78.5 cm³/mol. The normalized spacial score (nSPS) is 22.6. The molecule has 2 unspecified atom stereocenters. The van der Waals surface area contributed by atoms with Gasteiger partial charge >= 0.3 is 0 Å². The van der Waals surface area contributed by atoms with Gasteiger partial charge in [-0.15, -0.1) is 0 Å². The lowest BCUT2D eigenvalue weighted by Gasteiger charge is -2.32. The van der Waals surface area contributed by atoms with E-state index in [1.807, 2.05) is 37.4 Å². The molecular weight excluding hydrogens is 252 g/mol. The quantitative estimate of drug-likeness (QED) is 0.895. The molecule has 1 saturated heterocycles. The molecule has 0 radical (unpaired) electrons. The van der Waals surface area contributed by atoms with E-state index in [0.29, 0.717) is 13.0 Å². The number of ether oxygens (including phenoxy) is 1. The van der Waals surface area contributed by atoms with Crippen molar-refractivity contribution in [3.8, 4) is 0 Å². The Bertz CT molecular complexity index is 587. The average molecular weight is 272 g/mol. The summed E-state index contributed by atoms with van der Waals surface area (Å²) in [7, 11) is 0. The second-order valence-electron chi connectivity index (χ2n) is 5.61. The number of aliphatic hydroxyl groups is 1. The van der Waals surface area contributed by atoms with Gasteiger partial charge in [0.1, 0.15) is 0 Å². The van der Waals surface area contributed by atoms with Gasteiger partial charge in [-0.25, -0.2) is 0 Å². The van der Waals surface area contributed by atoms with Crippen LogP contribution in [0.3, 0.4) is 0 Å². The molecule has 1 aliphatic rings. The highest BCUT2D eigenvalue weighted by Gasteiger charge is 2.30. The summed E-state index contributed by atoms with van der Waals surface area (Å²) in [5.74, 6) is 0. The first-order valence-corrected chi connectivity index (χ1v) is 7.03. The summed E-state index contributed by atoms with van der Waals surface area (Å²) in [6.45, 7) is 4.11. The molecule has 0 aliphatic carbocycles. The number of aromatic nitrogens is 1. The van der Waals surface area contributed by atoms with Gasteiger partial charge in [-0.05, 0) is 30.4 Å². The van der Waals surface area contributed by atoms with E-state index < -0.39 is 5.60 Å². The number of morpholine rings is 1. The van der Waals surface area contributed by atoms with Crippen molar-refractivity contribution in [2.75, 3.05) is 19.8 Å². The number of rotatable bonds is 3. The summed E-state index contributed by atoms with van der Waals surface area (Å²) >= 11 is 0. The summed E-state index contributed by atoms with van der Waals surface area (Å²) in [6, 6.07) is 8.16. The number of fused-ring (bicyclic) bond motifs is 1. The van der Waals surface area contributed by atoms with Gasteiger partial charge < -0.3 is 15.2 Å². The third-order valence-electron chi connectivity index (χ3n) is 3.91. The topological polar surface area (TPSA) is 54.4 Å². The van der Waals surface area contributed by atoms with Crippen LogP contribution in [-0.4, -0.2) is 35.9 Å². The molecule has 0 bridgehead atoms. The Morgan fingerprint density at radius 3 is 3.15 bits per heavy atom. The Balaban J connectivity index is 1.91. The molecule has 2 atom stereocenters. The standard InChI is InChI=1S/C16H20N2O2/c1-16(19,9-13-11-20-8-7-18-13)15-4-2-3-12-5-6-17-10-14(12)15/h2-6,10,13,18-19H,7-9,11H2,1H3. The molecule has 1 aromatic carbocycles. The van der Waals surface area contributed by atoms with Crippen LogP contribution in [0.2, 0.25) is 0 Å². The zero-order chi connectivity index (χ0) is 14.0. The van der Waals surface area contributed by atoms with Crippen LogP contribution in [0.1, 0.15) is 18.9 Å². The molecule has 3 rings (SSSR count). The Morgan fingerprint density at radius 2 is 2.35 bits per heavy atom. The van der Waals surface area contributed by atoms with Crippen LogP contribution >= 0.6 is 0 Å². The summed E-state index contributed by atoms with van der Waals surface area (Å²) in [4.78, 5) is 4.18. The van der Waals surface area contributed by atoms with Crippen LogP contribution in [0, 0.1) is 0 Å². The van der Waals surface area contributed by atoms with Crippen molar-refractivity contribution in [1.29, 1.82) is 0 Å². The van der Waals surface area contributed by atoms with Gasteiger partial charge in [0.05, 0.1) is 18.8 Å². The maximum Gasteiger partial charge on any atom is 0.0890 e. The second-order valence-corrected chi connectivity index (χ2v) is 5.61. The van der Waals surface area contributed by atoms with Crippen molar-refractivity contribution < 1.29 is 9.84 Å². The number of hydrogen-bond acceptors (Lipinski definition) is 4. The second kappa shape index (κ2) is 5.48. The molecule has 2 aromatic rings. The number of nitrogens with zero attached hydrogens (tertiary/aromatic N) is 1. The molecular formula is C16H20N2O2. The average Bonchev–Trinajstić information content (AvgIpc) is 2.47. The van der Waals surface area contributed by atoms with E-state index in [-0.39, 0.29) is 6.04 Å². The minimum absolute atomic E-state index is 0.186. The van der Waals surface area contributed by atoms with Gasteiger partial charge in [-0.2, -0.15) is 0 Å². The van der Waals surface area contributed by atoms with Crippen LogP contribution in [-0.2, 0) is 10.3 Å². The zero-order valence-electron chi connectivity index (χ0n) is 11.7. The third kappa shape index (κ3) is 2.68. The first-order chi connectivity index (χ1) is 9.67. The molecule has 0 spiro atoms. The lowest BCUT2D eigenvalue weighted by Crippen LogP contribution is -2.45. The Kier molecular flexibility index (Phi) is 3.70. The molecule has 4 heteroatoms. The third-order valence-corrected chi connectivity index (χ3v) is 3.91. The van der Waals surface area contributed by atoms with Crippen molar-refractivity contribution in [2.24, 2.45) is 0 Å². The molecule has 20 heavy (non-hydrogen) atoms. The van der Waals surface area contributed by atoms with E-state index in [9.17, 15) is 5.11 Å². The molecule has 1 aliphatic heterocycles. The molecule has 1 aromatic heterocycles. The lowest BCUT2D eigenvalue weighted by atomic mass is 9.86. The largest absolute Gasteiger partial charge is 0.385 e. The molecule has 4 nitrogen and oxygen atoms in total. The van der Waals surface area contributed by atoms with E-state index >= 15 is 0 Å². The van der Waals surface area contributed by atoms with Crippen molar-refractivity contribution >= 4 is 10.8 Å². The molecule has 2 heterocycles. The van der Waals surface area contributed by atoms with Gasteiger partial charge in [0.2, 0.25) is 0 Å². The number of benzene rings is 1. The highest BCUT2D eigenvalue weighted by atomic mass is 16.5. The highest BCUT2D eigenvalue weighted by Crippen LogP contribution is 2.32. The van der Waals surface area contributed by atoms with Crippen molar-refractivity contribution in [1.82, 2.24) is 10.3 Å². The zero-order valence-corrected chi connectivity index (χ0v) is 11.7. The fourth-order valence-electron chi connectivity index (χ4n) is 2.92. The van der Waals surface area contributed by atoms with Gasteiger partial charge in [-0.3, -0.25) is 4.98 Å². The first kappa shape index (κ1) is 13.5. The molecule has 0 saturated carbocycles. The van der Waals surface area contributed by atoms with Crippen molar-refractivity contribution in [2.45, 2.75) is 25.0 Å². The SMILES string of the molecule is CC(O)(CC1COCCN1)c1cccc2ccncc12. The number of nitrogens with one attached hydrogen (secondary N) is 1. The number of hydrogen-bond donors (Lipinski definition) is 2. The summed E-state index contributed by atoms with van der Waals surface area (Å²) < 4.78 is 5.47. The summed E-state index contributed by atoms with van der Waals surface area (Å²) in [5, 5.41) is 16.4. The van der Waals surface area contributed by atoms with Crippen molar-refractivity contribution in [3.05, 3.63) is 42.2 Å². The lowest BCUT2D eigenvalue weighted by molar-refractivity contribution is 0.00413. The van der Waals surface area contributed by atoms with Gasteiger partial charge in [0, 0.05) is 30.4 Å². The van der Waals surface area contributed by atoms with Crippen LogP contribution in [0.25, 0.3) is 10.8 Å². The van der Waals surface area contributed by atoms with E-state index in [1.54, 1.807) is 6.20 Å². The molecule has 106 valence electrons. The Hall–Kier alpha value is -1.49. The smallest absolute Gasteiger partial charge is 0.0890 e. The first-order valence-electron chi connectivity index (χ1n) is 7.03. The van der Waals surface area contributed by atoms with Crippen LogP contribution in [0.15, 0.2) is 36.7 Å². The fourth-order valence-corrected chi connectivity index (χ4v) is 2.92. The van der Waals surface area contributed by atoms with Crippen LogP contribution in [0.4, 0.5) is 0 Å².